The lowest BCUT2D eigenvalue weighted by atomic mass is 10.0. The average Bonchev–Trinajstić information content (AvgIpc) is 3.65. The van der Waals surface area contributed by atoms with Crippen LogP contribution in [0.15, 0.2) is 48.5 Å². The molecule has 1 amide bonds. The minimum Gasteiger partial charge on any atom is -0.494 e. The number of benzene rings is 2. The Morgan fingerprint density at radius 3 is 2.64 bits per heavy atom. The number of nitrogens with zero attached hydrogens (tertiary/aromatic N) is 4. The number of rotatable bonds is 9. The van der Waals surface area contributed by atoms with E-state index in [1.807, 2.05) is 46.0 Å². The van der Waals surface area contributed by atoms with E-state index in [9.17, 15) is 9.18 Å². The fraction of sp³-hybridized carbons (Fsp3) is 0.448. The summed E-state index contributed by atoms with van der Waals surface area (Å²) in [6, 6.07) is 15.2. The van der Waals surface area contributed by atoms with Crippen molar-refractivity contribution in [2.75, 3.05) is 13.7 Å². The van der Waals surface area contributed by atoms with Gasteiger partial charge in [-0.2, -0.15) is 5.10 Å². The molecule has 36 heavy (non-hydrogen) atoms. The SMILES string of the molecule is COc1ccccc1-n1nc(CN(C(=O)CC(C)C)C2CC2)c2c1CCN(Cc1ccccc1F)C2. The zero-order chi connectivity index (χ0) is 25.2. The molecule has 0 spiro atoms. The van der Waals surface area contributed by atoms with E-state index in [2.05, 4.69) is 18.7 Å². The van der Waals surface area contributed by atoms with Crippen LogP contribution in [0.2, 0.25) is 0 Å². The molecule has 3 aromatic rings. The van der Waals surface area contributed by atoms with Gasteiger partial charge in [-0.15, -0.1) is 0 Å². The molecule has 7 heteroatoms. The molecule has 1 aromatic heterocycles. The number of halogens is 1. The average molecular weight is 491 g/mol. The minimum absolute atomic E-state index is 0.174. The molecule has 2 aromatic carbocycles. The van der Waals surface area contributed by atoms with E-state index < -0.39 is 0 Å². The maximum Gasteiger partial charge on any atom is 0.223 e. The van der Waals surface area contributed by atoms with Crippen molar-refractivity contribution in [1.29, 1.82) is 0 Å². The highest BCUT2D eigenvalue weighted by Gasteiger charge is 2.35. The fourth-order valence-electron chi connectivity index (χ4n) is 5.11. The third kappa shape index (κ3) is 5.16. The smallest absolute Gasteiger partial charge is 0.223 e. The lowest BCUT2D eigenvalue weighted by Gasteiger charge is -2.29. The van der Waals surface area contributed by atoms with Gasteiger partial charge in [-0.3, -0.25) is 9.69 Å². The molecule has 1 aliphatic carbocycles. The zero-order valence-corrected chi connectivity index (χ0v) is 21.4. The van der Waals surface area contributed by atoms with E-state index >= 15 is 0 Å². The van der Waals surface area contributed by atoms with E-state index in [0.717, 1.165) is 54.2 Å². The number of para-hydroxylation sites is 2. The van der Waals surface area contributed by atoms with Gasteiger partial charge in [-0.1, -0.05) is 44.2 Å². The number of carbonyl (C=O) groups is 1. The molecule has 0 saturated heterocycles. The number of hydrogen-bond acceptors (Lipinski definition) is 4. The first-order valence-corrected chi connectivity index (χ1v) is 12.9. The molecule has 0 N–H and O–H groups in total. The van der Waals surface area contributed by atoms with Crippen molar-refractivity contribution in [1.82, 2.24) is 19.6 Å². The lowest BCUT2D eigenvalue weighted by Crippen LogP contribution is -2.35. The van der Waals surface area contributed by atoms with E-state index in [0.29, 0.717) is 43.6 Å². The molecule has 5 rings (SSSR count). The number of ether oxygens (including phenoxy) is 1. The zero-order valence-electron chi connectivity index (χ0n) is 21.4. The van der Waals surface area contributed by atoms with Gasteiger partial charge >= 0.3 is 0 Å². The quantitative estimate of drug-likeness (QED) is 0.418. The molecule has 1 fully saturated rings. The summed E-state index contributed by atoms with van der Waals surface area (Å²) in [5, 5.41) is 5.08. The Morgan fingerprint density at radius 1 is 1.17 bits per heavy atom. The molecule has 1 aliphatic heterocycles. The Labute approximate surface area is 212 Å². The van der Waals surface area contributed by atoms with E-state index in [1.54, 1.807) is 13.2 Å². The largest absolute Gasteiger partial charge is 0.494 e. The van der Waals surface area contributed by atoms with Gasteiger partial charge in [0.15, 0.2) is 0 Å². The van der Waals surface area contributed by atoms with Gasteiger partial charge in [-0.25, -0.2) is 9.07 Å². The van der Waals surface area contributed by atoms with Crippen LogP contribution in [0.5, 0.6) is 5.75 Å². The highest BCUT2D eigenvalue weighted by Crippen LogP contribution is 2.34. The van der Waals surface area contributed by atoms with Gasteiger partial charge in [0.2, 0.25) is 5.91 Å². The van der Waals surface area contributed by atoms with Crippen LogP contribution in [-0.4, -0.2) is 45.2 Å². The highest BCUT2D eigenvalue weighted by molar-refractivity contribution is 5.77. The van der Waals surface area contributed by atoms with Crippen molar-refractivity contribution in [3.8, 4) is 11.4 Å². The molecule has 0 unspecified atom stereocenters. The minimum atomic E-state index is -0.174. The fourth-order valence-corrected chi connectivity index (χ4v) is 5.11. The van der Waals surface area contributed by atoms with Gasteiger partial charge in [0.1, 0.15) is 17.3 Å². The molecule has 0 radical (unpaired) electrons. The molecular weight excluding hydrogens is 455 g/mol. The Bertz CT molecular complexity index is 1230. The van der Waals surface area contributed by atoms with Crippen molar-refractivity contribution in [2.24, 2.45) is 5.92 Å². The van der Waals surface area contributed by atoms with Gasteiger partial charge in [-0.05, 0) is 37.0 Å². The third-order valence-corrected chi connectivity index (χ3v) is 7.10. The first kappa shape index (κ1) is 24.5. The van der Waals surface area contributed by atoms with Crippen LogP contribution in [0, 0.1) is 11.7 Å². The summed E-state index contributed by atoms with van der Waals surface area (Å²) in [6.07, 6.45) is 3.45. The molecule has 6 nitrogen and oxygen atoms in total. The van der Waals surface area contributed by atoms with Gasteiger partial charge in [0.25, 0.3) is 0 Å². The molecule has 1 saturated carbocycles. The van der Waals surface area contributed by atoms with Crippen molar-refractivity contribution in [2.45, 2.75) is 65.2 Å². The summed E-state index contributed by atoms with van der Waals surface area (Å²) in [5.74, 6) is 1.10. The van der Waals surface area contributed by atoms with Crippen LogP contribution in [0.4, 0.5) is 4.39 Å². The summed E-state index contributed by atoms with van der Waals surface area (Å²) in [5.41, 5.74) is 4.82. The highest BCUT2D eigenvalue weighted by atomic mass is 19.1. The van der Waals surface area contributed by atoms with Crippen LogP contribution in [-0.2, 0) is 30.8 Å². The maximum atomic E-state index is 14.4. The number of aromatic nitrogens is 2. The molecule has 0 bridgehead atoms. The Balaban J connectivity index is 1.50. The number of fused-ring (bicyclic) bond motifs is 1. The summed E-state index contributed by atoms with van der Waals surface area (Å²) in [6.45, 7) is 6.70. The van der Waals surface area contributed by atoms with Crippen molar-refractivity contribution in [3.05, 3.63) is 76.9 Å². The van der Waals surface area contributed by atoms with E-state index in [-0.39, 0.29) is 11.7 Å². The van der Waals surface area contributed by atoms with Gasteiger partial charge in [0, 0.05) is 49.6 Å². The van der Waals surface area contributed by atoms with Crippen LogP contribution in [0.25, 0.3) is 5.69 Å². The monoisotopic (exact) mass is 490 g/mol. The Hall–Kier alpha value is -3.19. The molecule has 2 heterocycles. The van der Waals surface area contributed by atoms with E-state index in [1.165, 1.54) is 6.07 Å². The standard InChI is InChI=1S/C29H35FN4O2/c1-20(2)16-29(35)33(22-12-13-22)19-25-23-18-32(17-21-8-4-5-9-24(21)30)15-14-26(23)34(31-25)27-10-6-7-11-28(27)36-3/h4-11,20,22H,12-19H2,1-3H3. The number of carbonyl (C=O) groups excluding carboxylic acids is 1. The number of hydrogen-bond donors (Lipinski definition) is 0. The second-order valence-electron chi connectivity index (χ2n) is 10.4. The predicted molar refractivity (Wildman–Crippen MR) is 137 cm³/mol. The van der Waals surface area contributed by atoms with Crippen LogP contribution in [0.3, 0.4) is 0 Å². The van der Waals surface area contributed by atoms with E-state index in [4.69, 9.17) is 9.84 Å². The Morgan fingerprint density at radius 2 is 1.92 bits per heavy atom. The predicted octanol–water partition coefficient (Wildman–Crippen LogP) is 5.12. The second kappa shape index (κ2) is 10.4. The molecular formula is C29H35FN4O2. The van der Waals surface area contributed by atoms with Gasteiger partial charge in [0.05, 0.1) is 25.0 Å². The van der Waals surface area contributed by atoms with Gasteiger partial charge < -0.3 is 9.64 Å². The Kier molecular flexibility index (Phi) is 7.10. The first-order valence-electron chi connectivity index (χ1n) is 12.9. The normalized spacial score (nSPS) is 15.7. The van der Waals surface area contributed by atoms with Crippen molar-refractivity contribution < 1.29 is 13.9 Å². The lowest BCUT2D eigenvalue weighted by molar-refractivity contribution is -0.133. The summed E-state index contributed by atoms with van der Waals surface area (Å²) in [7, 11) is 1.67. The van der Waals surface area contributed by atoms with Crippen LogP contribution < -0.4 is 4.74 Å². The van der Waals surface area contributed by atoms with Crippen LogP contribution in [0.1, 0.15) is 55.6 Å². The van der Waals surface area contributed by atoms with Crippen LogP contribution >= 0.6 is 0 Å². The summed E-state index contributed by atoms with van der Waals surface area (Å²) >= 11 is 0. The molecule has 0 atom stereocenters. The molecule has 190 valence electrons. The third-order valence-electron chi connectivity index (χ3n) is 7.10. The maximum absolute atomic E-state index is 14.4. The van der Waals surface area contributed by atoms with Crippen molar-refractivity contribution >= 4 is 5.91 Å². The summed E-state index contributed by atoms with van der Waals surface area (Å²) < 4.78 is 22.0. The first-order chi connectivity index (χ1) is 17.4. The summed E-state index contributed by atoms with van der Waals surface area (Å²) in [4.78, 5) is 17.5. The topological polar surface area (TPSA) is 50.6 Å². The molecule has 2 aliphatic rings. The number of amides is 1. The second-order valence-corrected chi connectivity index (χ2v) is 10.4. The number of methoxy groups -OCH3 is 1. The van der Waals surface area contributed by atoms with Crippen molar-refractivity contribution in [3.63, 3.8) is 0 Å².